The molecular weight excluding hydrogens is 256 g/mol. The van der Waals surface area contributed by atoms with Gasteiger partial charge in [0.2, 0.25) is 5.95 Å². The Labute approximate surface area is 118 Å². The zero-order valence-electron chi connectivity index (χ0n) is 12.5. The number of rotatable bonds is 4. The molecule has 0 unspecified atom stereocenters. The Hall–Kier alpha value is -2.11. The Morgan fingerprint density at radius 2 is 2.20 bits per heavy atom. The number of carbonyl (C=O) groups excluding carboxylic acids is 1. The molecule has 2 aromatic rings. The number of carbonyl (C=O) groups is 1. The van der Waals surface area contributed by atoms with Crippen LogP contribution in [0.4, 0.5) is 5.95 Å². The highest BCUT2D eigenvalue weighted by Crippen LogP contribution is 2.17. The van der Waals surface area contributed by atoms with E-state index in [0.29, 0.717) is 17.5 Å². The molecule has 2 rings (SSSR count). The van der Waals surface area contributed by atoms with Gasteiger partial charge in [0, 0.05) is 24.9 Å². The third kappa shape index (κ3) is 2.74. The van der Waals surface area contributed by atoms with Crippen LogP contribution in [0.25, 0.3) is 0 Å². The van der Waals surface area contributed by atoms with E-state index in [1.165, 1.54) is 0 Å². The van der Waals surface area contributed by atoms with Crippen LogP contribution in [0.5, 0.6) is 0 Å². The van der Waals surface area contributed by atoms with Crippen molar-refractivity contribution in [2.45, 2.75) is 40.0 Å². The summed E-state index contributed by atoms with van der Waals surface area (Å²) in [6.45, 7) is 7.85. The van der Waals surface area contributed by atoms with E-state index in [2.05, 4.69) is 15.4 Å². The minimum absolute atomic E-state index is 0.212. The summed E-state index contributed by atoms with van der Waals surface area (Å²) in [5.41, 5.74) is 0.825. The fourth-order valence-corrected chi connectivity index (χ4v) is 1.86. The molecule has 0 aliphatic carbocycles. The molecule has 6 heteroatoms. The van der Waals surface area contributed by atoms with Gasteiger partial charge in [-0.05, 0) is 13.0 Å². The summed E-state index contributed by atoms with van der Waals surface area (Å²) < 4.78 is 7.08. The van der Waals surface area contributed by atoms with Crippen LogP contribution in [0, 0.1) is 6.92 Å². The maximum Gasteiger partial charge on any atom is 0.293 e. The first-order chi connectivity index (χ1) is 9.42. The second kappa shape index (κ2) is 5.48. The first kappa shape index (κ1) is 14.3. The van der Waals surface area contributed by atoms with Crippen LogP contribution in [-0.2, 0) is 13.5 Å². The monoisotopic (exact) mass is 276 g/mol. The van der Waals surface area contributed by atoms with Gasteiger partial charge in [-0.15, -0.1) is 0 Å². The van der Waals surface area contributed by atoms with E-state index in [-0.39, 0.29) is 11.8 Å². The van der Waals surface area contributed by atoms with Gasteiger partial charge < -0.3 is 4.42 Å². The minimum Gasteiger partial charge on any atom is -0.456 e. The lowest BCUT2D eigenvalue weighted by Gasteiger charge is -2.02. The molecule has 0 fully saturated rings. The predicted octanol–water partition coefficient (Wildman–Crippen LogP) is 2.65. The quantitative estimate of drug-likeness (QED) is 0.931. The van der Waals surface area contributed by atoms with Gasteiger partial charge in [0.1, 0.15) is 5.76 Å². The standard InChI is InChI=1S/C14H20N4O2/c1-6-10-7-9(4)11(20-10)13(19)16-14-15-12(8(2)3)17-18(14)5/h7-8H,6H2,1-5H3,(H,15,16,17,19). The second-order valence-corrected chi connectivity index (χ2v) is 5.10. The number of aryl methyl sites for hydroxylation is 3. The summed E-state index contributed by atoms with van der Waals surface area (Å²) in [6.07, 6.45) is 0.760. The zero-order chi connectivity index (χ0) is 14.9. The lowest BCUT2D eigenvalue weighted by Crippen LogP contribution is -2.15. The van der Waals surface area contributed by atoms with Crippen molar-refractivity contribution in [2.24, 2.45) is 7.05 Å². The summed E-state index contributed by atoms with van der Waals surface area (Å²) in [5.74, 6) is 2.17. The predicted molar refractivity (Wildman–Crippen MR) is 75.9 cm³/mol. The second-order valence-electron chi connectivity index (χ2n) is 5.10. The molecule has 0 aromatic carbocycles. The third-order valence-electron chi connectivity index (χ3n) is 3.04. The van der Waals surface area contributed by atoms with E-state index < -0.39 is 0 Å². The van der Waals surface area contributed by atoms with Crippen molar-refractivity contribution in [3.8, 4) is 0 Å². The highest BCUT2D eigenvalue weighted by atomic mass is 16.4. The molecule has 2 aromatic heterocycles. The molecule has 1 amide bonds. The molecule has 2 heterocycles. The Kier molecular flexibility index (Phi) is 3.92. The molecule has 0 radical (unpaired) electrons. The van der Waals surface area contributed by atoms with Crippen LogP contribution in [0.2, 0.25) is 0 Å². The normalized spacial score (nSPS) is 11.1. The van der Waals surface area contributed by atoms with Gasteiger partial charge in [0.25, 0.3) is 5.91 Å². The number of amides is 1. The fourth-order valence-electron chi connectivity index (χ4n) is 1.86. The Bertz CT molecular complexity index is 625. The van der Waals surface area contributed by atoms with Gasteiger partial charge in [-0.2, -0.15) is 10.1 Å². The van der Waals surface area contributed by atoms with Crippen molar-refractivity contribution in [1.82, 2.24) is 14.8 Å². The Morgan fingerprint density at radius 3 is 2.70 bits per heavy atom. The van der Waals surface area contributed by atoms with Gasteiger partial charge in [-0.25, -0.2) is 4.68 Å². The molecular formula is C14H20N4O2. The first-order valence-electron chi connectivity index (χ1n) is 6.74. The third-order valence-corrected chi connectivity index (χ3v) is 3.04. The maximum atomic E-state index is 12.2. The van der Waals surface area contributed by atoms with Gasteiger partial charge in [0.05, 0.1) is 0 Å². The van der Waals surface area contributed by atoms with E-state index in [9.17, 15) is 4.79 Å². The highest BCUT2D eigenvalue weighted by Gasteiger charge is 2.18. The van der Waals surface area contributed by atoms with E-state index in [1.54, 1.807) is 11.7 Å². The lowest BCUT2D eigenvalue weighted by molar-refractivity contribution is 0.0993. The molecule has 0 saturated carbocycles. The van der Waals surface area contributed by atoms with Crippen molar-refractivity contribution in [2.75, 3.05) is 5.32 Å². The number of hydrogen-bond donors (Lipinski definition) is 1. The van der Waals surface area contributed by atoms with Crippen molar-refractivity contribution < 1.29 is 9.21 Å². The van der Waals surface area contributed by atoms with Gasteiger partial charge >= 0.3 is 0 Å². The van der Waals surface area contributed by atoms with Crippen molar-refractivity contribution in [1.29, 1.82) is 0 Å². The van der Waals surface area contributed by atoms with E-state index in [0.717, 1.165) is 17.7 Å². The van der Waals surface area contributed by atoms with Gasteiger partial charge in [-0.1, -0.05) is 20.8 Å². The van der Waals surface area contributed by atoms with E-state index >= 15 is 0 Å². The summed E-state index contributed by atoms with van der Waals surface area (Å²) >= 11 is 0. The van der Waals surface area contributed by atoms with Crippen LogP contribution in [0.15, 0.2) is 10.5 Å². The maximum absolute atomic E-state index is 12.2. The van der Waals surface area contributed by atoms with Crippen molar-refractivity contribution >= 4 is 11.9 Å². The molecule has 0 aliphatic rings. The van der Waals surface area contributed by atoms with E-state index in [1.807, 2.05) is 33.8 Å². The number of hydrogen-bond acceptors (Lipinski definition) is 4. The first-order valence-corrected chi connectivity index (χ1v) is 6.74. The van der Waals surface area contributed by atoms with Gasteiger partial charge in [-0.3, -0.25) is 10.1 Å². The fraction of sp³-hybridized carbons (Fsp3) is 0.500. The van der Waals surface area contributed by atoms with Crippen LogP contribution in [0.1, 0.15) is 54.4 Å². The number of furan rings is 1. The molecule has 0 bridgehead atoms. The number of aromatic nitrogens is 3. The van der Waals surface area contributed by atoms with Crippen LogP contribution in [0.3, 0.4) is 0 Å². The SMILES string of the molecule is CCc1cc(C)c(C(=O)Nc2nc(C(C)C)nn2C)o1. The molecule has 108 valence electrons. The topological polar surface area (TPSA) is 73.0 Å². The molecule has 0 spiro atoms. The van der Waals surface area contributed by atoms with E-state index in [4.69, 9.17) is 4.42 Å². The minimum atomic E-state index is -0.298. The average Bonchev–Trinajstić information content (AvgIpc) is 2.93. The van der Waals surface area contributed by atoms with Crippen molar-refractivity contribution in [3.63, 3.8) is 0 Å². The summed E-state index contributed by atoms with van der Waals surface area (Å²) in [6, 6.07) is 1.88. The average molecular weight is 276 g/mol. The largest absolute Gasteiger partial charge is 0.456 e. The number of anilines is 1. The Morgan fingerprint density at radius 1 is 1.50 bits per heavy atom. The van der Waals surface area contributed by atoms with Crippen LogP contribution < -0.4 is 5.32 Å². The smallest absolute Gasteiger partial charge is 0.293 e. The number of nitrogens with one attached hydrogen (secondary N) is 1. The molecule has 20 heavy (non-hydrogen) atoms. The number of nitrogens with zero attached hydrogens (tertiary/aromatic N) is 3. The summed E-state index contributed by atoms with van der Waals surface area (Å²) in [7, 11) is 1.75. The molecule has 0 saturated heterocycles. The van der Waals surface area contributed by atoms with Crippen LogP contribution >= 0.6 is 0 Å². The van der Waals surface area contributed by atoms with Crippen molar-refractivity contribution in [3.05, 3.63) is 29.0 Å². The molecule has 1 N–H and O–H groups in total. The molecule has 0 atom stereocenters. The summed E-state index contributed by atoms with van der Waals surface area (Å²) in [5, 5.41) is 7.00. The molecule has 0 aliphatic heterocycles. The molecule has 6 nitrogen and oxygen atoms in total. The summed E-state index contributed by atoms with van der Waals surface area (Å²) in [4.78, 5) is 16.5. The Balaban J connectivity index is 2.21. The highest BCUT2D eigenvalue weighted by molar-refractivity contribution is 6.02. The zero-order valence-corrected chi connectivity index (χ0v) is 12.5. The lowest BCUT2D eigenvalue weighted by atomic mass is 10.2. The van der Waals surface area contributed by atoms with Crippen LogP contribution in [-0.4, -0.2) is 20.7 Å². The van der Waals surface area contributed by atoms with Gasteiger partial charge in [0.15, 0.2) is 11.6 Å².